The molecule has 1 aromatic rings. The first-order valence-corrected chi connectivity index (χ1v) is 4.62. The SMILES string of the molecule is CC(C)(C)C(=O)c1nnn(CCO)c1F. The highest BCUT2D eigenvalue weighted by Crippen LogP contribution is 2.20. The Kier molecular flexibility index (Phi) is 3.18. The summed E-state index contributed by atoms with van der Waals surface area (Å²) < 4.78 is 14.4. The number of aromatic nitrogens is 3. The van der Waals surface area contributed by atoms with Gasteiger partial charge in [-0.25, -0.2) is 4.68 Å². The molecule has 15 heavy (non-hydrogen) atoms. The zero-order chi connectivity index (χ0) is 11.6. The molecule has 0 aliphatic rings. The summed E-state index contributed by atoms with van der Waals surface area (Å²) in [6, 6.07) is 0. The van der Waals surface area contributed by atoms with E-state index >= 15 is 0 Å². The smallest absolute Gasteiger partial charge is 0.242 e. The van der Waals surface area contributed by atoms with Crippen LogP contribution in [0.25, 0.3) is 0 Å². The van der Waals surface area contributed by atoms with Gasteiger partial charge in [-0.3, -0.25) is 4.79 Å². The maximum absolute atomic E-state index is 13.5. The van der Waals surface area contributed by atoms with Gasteiger partial charge in [0.15, 0.2) is 11.5 Å². The number of nitrogens with zero attached hydrogens (tertiary/aromatic N) is 3. The first-order chi connectivity index (χ1) is 6.88. The van der Waals surface area contributed by atoms with E-state index in [0.717, 1.165) is 4.68 Å². The number of ketones is 1. The average molecular weight is 215 g/mol. The molecule has 1 aromatic heterocycles. The highest BCUT2D eigenvalue weighted by molar-refractivity contribution is 5.97. The number of rotatable bonds is 3. The van der Waals surface area contributed by atoms with Gasteiger partial charge in [-0.15, -0.1) is 5.10 Å². The molecule has 0 amide bonds. The molecule has 0 bridgehead atoms. The van der Waals surface area contributed by atoms with Gasteiger partial charge < -0.3 is 5.11 Å². The van der Waals surface area contributed by atoms with E-state index < -0.39 is 17.1 Å². The van der Waals surface area contributed by atoms with E-state index in [4.69, 9.17) is 5.11 Å². The second-order valence-corrected chi connectivity index (χ2v) is 4.25. The third kappa shape index (κ3) is 2.38. The van der Waals surface area contributed by atoms with Gasteiger partial charge in [0, 0.05) is 5.41 Å². The van der Waals surface area contributed by atoms with Gasteiger partial charge in [0.2, 0.25) is 5.95 Å². The molecule has 0 aliphatic heterocycles. The van der Waals surface area contributed by atoms with Gasteiger partial charge in [0.05, 0.1) is 13.2 Å². The minimum Gasteiger partial charge on any atom is -0.394 e. The van der Waals surface area contributed by atoms with E-state index in [1.54, 1.807) is 20.8 Å². The first-order valence-electron chi connectivity index (χ1n) is 4.62. The lowest BCUT2D eigenvalue weighted by Gasteiger charge is -2.13. The van der Waals surface area contributed by atoms with E-state index in [-0.39, 0.29) is 18.8 Å². The lowest BCUT2D eigenvalue weighted by molar-refractivity contribution is 0.0847. The highest BCUT2D eigenvalue weighted by atomic mass is 19.1. The molecule has 0 unspecified atom stereocenters. The Morgan fingerprint density at radius 1 is 1.53 bits per heavy atom. The quantitative estimate of drug-likeness (QED) is 0.751. The lowest BCUT2D eigenvalue weighted by atomic mass is 9.89. The fourth-order valence-corrected chi connectivity index (χ4v) is 1.03. The normalized spacial score (nSPS) is 11.8. The predicted octanol–water partition coefficient (Wildman–Crippen LogP) is 0.638. The minimum absolute atomic E-state index is 0.00371. The molecule has 0 aliphatic carbocycles. The molecule has 1 heterocycles. The Morgan fingerprint density at radius 3 is 2.60 bits per heavy atom. The molecule has 5 nitrogen and oxygen atoms in total. The molecule has 1 N–H and O–H groups in total. The predicted molar refractivity (Wildman–Crippen MR) is 50.9 cm³/mol. The van der Waals surface area contributed by atoms with Crippen molar-refractivity contribution in [2.45, 2.75) is 27.3 Å². The largest absolute Gasteiger partial charge is 0.394 e. The average Bonchev–Trinajstić information content (AvgIpc) is 2.46. The monoisotopic (exact) mass is 215 g/mol. The van der Waals surface area contributed by atoms with E-state index in [1.807, 2.05) is 0 Å². The van der Waals surface area contributed by atoms with Crippen LogP contribution in [-0.4, -0.2) is 32.5 Å². The molecule has 1 rings (SSSR count). The number of hydrogen-bond acceptors (Lipinski definition) is 4. The van der Waals surface area contributed by atoms with Crippen molar-refractivity contribution < 1.29 is 14.3 Å². The molecule has 0 saturated heterocycles. The van der Waals surface area contributed by atoms with Gasteiger partial charge in [0.1, 0.15) is 0 Å². The topological polar surface area (TPSA) is 68.0 Å². The van der Waals surface area contributed by atoms with Gasteiger partial charge >= 0.3 is 0 Å². The van der Waals surface area contributed by atoms with Crippen LogP contribution in [0.1, 0.15) is 31.3 Å². The summed E-state index contributed by atoms with van der Waals surface area (Å²) in [6.45, 7) is 4.79. The first kappa shape index (κ1) is 11.8. The van der Waals surface area contributed by atoms with Crippen LogP contribution in [0.15, 0.2) is 0 Å². The Hall–Kier alpha value is -1.30. The minimum atomic E-state index is -0.788. The van der Waals surface area contributed by atoms with Gasteiger partial charge in [0.25, 0.3) is 0 Å². The molecular weight excluding hydrogens is 201 g/mol. The summed E-state index contributed by atoms with van der Waals surface area (Å²) in [7, 11) is 0. The number of halogens is 1. The molecule has 0 atom stereocenters. The second-order valence-electron chi connectivity index (χ2n) is 4.25. The third-order valence-corrected chi connectivity index (χ3v) is 1.88. The van der Waals surface area contributed by atoms with E-state index in [2.05, 4.69) is 10.3 Å². The zero-order valence-electron chi connectivity index (χ0n) is 8.99. The number of Topliss-reactive ketones (excluding diaryl/α,β-unsaturated/α-hetero) is 1. The van der Waals surface area contributed by atoms with E-state index in [9.17, 15) is 9.18 Å². The lowest BCUT2D eigenvalue weighted by Crippen LogP contribution is -2.22. The summed E-state index contributed by atoms with van der Waals surface area (Å²) in [5.41, 5.74) is -0.961. The van der Waals surface area contributed by atoms with Crippen molar-refractivity contribution in [2.75, 3.05) is 6.61 Å². The van der Waals surface area contributed by atoms with Crippen LogP contribution < -0.4 is 0 Å². The van der Waals surface area contributed by atoms with Crippen LogP contribution in [-0.2, 0) is 6.54 Å². The summed E-state index contributed by atoms with van der Waals surface area (Å²) in [6.07, 6.45) is 0. The third-order valence-electron chi connectivity index (χ3n) is 1.88. The van der Waals surface area contributed by atoms with Crippen molar-refractivity contribution in [3.63, 3.8) is 0 Å². The van der Waals surface area contributed by atoms with Crippen LogP contribution in [0, 0.1) is 11.4 Å². The number of aliphatic hydroxyl groups is 1. The number of hydrogen-bond donors (Lipinski definition) is 1. The Bertz CT molecular complexity index is 368. The molecule has 0 spiro atoms. The highest BCUT2D eigenvalue weighted by Gasteiger charge is 2.29. The Labute approximate surface area is 86.9 Å². The number of carbonyl (C=O) groups excluding carboxylic acids is 1. The summed E-state index contributed by atoms with van der Waals surface area (Å²) in [5.74, 6) is -1.19. The second kappa shape index (κ2) is 4.06. The summed E-state index contributed by atoms with van der Waals surface area (Å²) in [5, 5.41) is 15.5. The van der Waals surface area contributed by atoms with Gasteiger partial charge in [-0.05, 0) is 0 Å². The van der Waals surface area contributed by atoms with Crippen molar-refractivity contribution in [2.24, 2.45) is 5.41 Å². The maximum atomic E-state index is 13.5. The summed E-state index contributed by atoms with van der Waals surface area (Å²) >= 11 is 0. The number of aliphatic hydroxyl groups excluding tert-OH is 1. The van der Waals surface area contributed by atoms with E-state index in [0.29, 0.717) is 0 Å². The van der Waals surface area contributed by atoms with Crippen molar-refractivity contribution in [1.29, 1.82) is 0 Å². The summed E-state index contributed by atoms with van der Waals surface area (Å²) in [4.78, 5) is 11.7. The Morgan fingerprint density at radius 2 is 2.13 bits per heavy atom. The van der Waals surface area contributed by atoms with Gasteiger partial charge in [-0.1, -0.05) is 26.0 Å². The van der Waals surface area contributed by atoms with E-state index in [1.165, 1.54) is 0 Å². The van der Waals surface area contributed by atoms with Gasteiger partial charge in [-0.2, -0.15) is 4.39 Å². The molecule has 84 valence electrons. The fraction of sp³-hybridized carbons (Fsp3) is 0.667. The molecular formula is C9H14FN3O2. The van der Waals surface area contributed by atoms with Crippen molar-refractivity contribution in [3.8, 4) is 0 Å². The number of carbonyl (C=O) groups is 1. The van der Waals surface area contributed by atoms with Crippen molar-refractivity contribution in [3.05, 3.63) is 11.6 Å². The van der Waals surface area contributed by atoms with Crippen molar-refractivity contribution >= 4 is 5.78 Å². The standard InChI is InChI=1S/C9H14FN3O2/c1-9(2,3)7(15)6-8(10)13(4-5-14)12-11-6/h14H,4-5H2,1-3H3. The molecule has 6 heteroatoms. The van der Waals surface area contributed by atoms with Crippen molar-refractivity contribution in [1.82, 2.24) is 15.0 Å². The molecule has 0 aromatic carbocycles. The van der Waals surface area contributed by atoms with Crippen LogP contribution in [0.5, 0.6) is 0 Å². The molecule has 0 radical (unpaired) electrons. The van der Waals surface area contributed by atoms with Crippen LogP contribution in [0.3, 0.4) is 0 Å². The van der Waals surface area contributed by atoms with Crippen LogP contribution in [0.4, 0.5) is 4.39 Å². The van der Waals surface area contributed by atoms with Crippen LogP contribution in [0.2, 0.25) is 0 Å². The zero-order valence-corrected chi connectivity index (χ0v) is 8.99. The Balaban J connectivity index is 3.02. The molecule has 0 fully saturated rings. The van der Waals surface area contributed by atoms with Crippen LogP contribution >= 0.6 is 0 Å². The molecule has 0 saturated carbocycles. The maximum Gasteiger partial charge on any atom is 0.242 e. The fourth-order valence-electron chi connectivity index (χ4n) is 1.03.